The second kappa shape index (κ2) is 9.00. The van der Waals surface area contributed by atoms with Crippen molar-refractivity contribution in [3.63, 3.8) is 0 Å². The molecular formula is C17H19ClN2O3. The Bertz CT molecular complexity index is 649. The summed E-state index contributed by atoms with van der Waals surface area (Å²) in [6, 6.07) is 10.8. The van der Waals surface area contributed by atoms with Crippen molar-refractivity contribution in [3.05, 3.63) is 53.2 Å². The molecular weight excluding hydrogens is 316 g/mol. The highest BCUT2D eigenvalue weighted by Gasteiger charge is 2.07. The molecule has 1 aromatic heterocycles. The van der Waals surface area contributed by atoms with Crippen molar-refractivity contribution in [1.82, 2.24) is 10.3 Å². The van der Waals surface area contributed by atoms with Crippen molar-refractivity contribution in [1.29, 1.82) is 0 Å². The molecule has 2 aromatic rings. The molecule has 0 aliphatic carbocycles. The van der Waals surface area contributed by atoms with Gasteiger partial charge in [-0.25, -0.2) is 4.98 Å². The fourth-order valence-corrected chi connectivity index (χ4v) is 2.11. The van der Waals surface area contributed by atoms with Gasteiger partial charge in [-0.2, -0.15) is 0 Å². The largest absolute Gasteiger partial charge is 0.493 e. The van der Waals surface area contributed by atoms with E-state index in [1.807, 2.05) is 19.1 Å². The first kappa shape index (κ1) is 17.1. The maximum absolute atomic E-state index is 11.9. The predicted octanol–water partition coefficient (Wildman–Crippen LogP) is 3.22. The lowest BCUT2D eigenvalue weighted by molar-refractivity contribution is -0.121. The van der Waals surface area contributed by atoms with Crippen LogP contribution in [0.1, 0.15) is 18.9 Å². The number of hydrogen-bond donors (Lipinski definition) is 1. The number of benzene rings is 1. The maximum atomic E-state index is 11.9. The normalized spacial score (nSPS) is 10.2. The number of ether oxygens (including phenoxy) is 2. The number of amides is 1. The molecule has 0 atom stereocenters. The Morgan fingerprint density at radius 3 is 2.91 bits per heavy atom. The summed E-state index contributed by atoms with van der Waals surface area (Å²) in [5.74, 6) is 1.10. The zero-order valence-electron chi connectivity index (χ0n) is 12.9. The minimum absolute atomic E-state index is 0.0988. The van der Waals surface area contributed by atoms with Gasteiger partial charge in [-0.3, -0.25) is 4.79 Å². The van der Waals surface area contributed by atoms with Gasteiger partial charge in [-0.1, -0.05) is 23.7 Å². The number of carbonyl (C=O) groups excluding carboxylic acids is 1. The van der Waals surface area contributed by atoms with Crippen LogP contribution in [0.5, 0.6) is 11.6 Å². The lowest BCUT2D eigenvalue weighted by Crippen LogP contribution is -2.24. The van der Waals surface area contributed by atoms with Crippen molar-refractivity contribution >= 4 is 17.5 Å². The molecule has 6 heteroatoms. The Labute approximate surface area is 140 Å². The monoisotopic (exact) mass is 334 g/mol. The van der Waals surface area contributed by atoms with Gasteiger partial charge in [0.1, 0.15) is 5.75 Å². The summed E-state index contributed by atoms with van der Waals surface area (Å²) in [6.45, 7) is 3.09. The van der Waals surface area contributed by atoms with Crippen LogP contribution < -0.4 is 14.8 Å². The van der Waals surface area contributed by atoms with Crippen molar-refractivity contribution in [2.24, 2.45) is 0 Å². The van der Waals surface area contributed by atoms with Crippen LogP contribution in [-0.2, 0) is 11.3 Å². The average Bonchev–Trinajstić information content (AvgIpc) is 2.54. The molecule has 1 aromatic carbocycles. The van der Waals surface area contributed by atoms with Crippen LogP contribution in [-0.4, -0.2) is 24.1 Å². The first-order valence-electron chi connectivity index (χ1n) is 7.40. The molecule has 0 bridgehead atoms. The van der Waals surface area contributed by atoms with E-state index in [1.54, 1.807) is 30.5 Å². The van der Waals surface area contributed by atoms with Gasteiger partial charge in [-0.05, 0) is 31.2 Å². The number of carbonyl (C=O) groups is 1. The predicted molar refractivity (Wildman–Crippen MR) is 88.8 cm³/mol. The zero-order valence-corrected chi connectivity index (χ0v) is 13.7. The minimum atomic E-state index is -0.0988. The van der Waals surface area contributed by atoms with E-state index in [0.29, 0.717) is 29.8 Å². The van der Waals surface area contributed by atoms with Crippen molar-refractivity contribution in [2.45, 2.75) is 19.9 Å². The standard InChI is InChI=1S/C17H19ClN2O3/c1-2-22-17-13(5-4-9-19-17)12-20-16(21)8-10-23-15-7-3-6-14(18)11-15/h3-7,9,11H,2,8,10,12H2,1H3,(H,20,21). The maximum Gasteiger partial charge on any atom is 0.223 e. The van der Waals surface area contributed by atoms with Gasteiger partial charge in [-0.15, -0.1) is 0 Å². The lowest BCUT2D eigenvalue weighted by Gasteiger charge is -2.10. The Hall–Kier alpha value is -2.27. The van der Waals surface area contributed by atoms with Crippen LogP contribution in [0.3, 0.4) is 0 Å². The van der Waals surface area contributed by atoms with Gasteiger partial charge in [0.25, 0.3) is 0 Å². The summed E-state index contributed by atoms with van der Waals surface area (Å²) < 4.78 is 10.9. The van der Waals surface area contributed by atoms with E-state index in [0.717, 1.165) is 5.56 Å². The molecule has 0 saturated heterocycles. The molecule has 0 fully saturated rings. The van der Waals surface area contributed by atoms with Gasteiger partial charge in [0.05, 0.1) is 19.6 Å². The van der Waals surface area contributed by atoms with Crippen LogP contribution in [0.25, 0.3) is 0 Å². The third kappa shape index (κ3) is 5.79. The molecule has 0 aliphatic rings. The van der Waals surface area contributed by atoms with Crippen molar-refractivity contribution in [2.75, 3.05) is 13.2 Å². The number of nitrogens with zero attached hydrogens (tertiary/aromatic N) is 1. The van der Waals surface area contributed by atoms with Gasteiger partial charge < -0.3 is 14.8 Å². The summed E-state index contributed by atoms with van der Waals surface area (Å²) in [7, 11) is 0. The molecule has 0 radical (unpaired) electrons. The molecule has 2 rings (SSSR count). The van der Waals surface area contributed by atoms with Crippen LogP contribution >= 0.6 is 11.6 Å². The highest BCUT2D eigenvalue weighted by atomic mass is 35.5. The fourth-order valence-electron chi connectivity index (χ4n) is 1.93. The van der Waals surface area contributed by atoms with E-state index in [9.17, 15) is 4.79 Å². The molecule has 5 nitrogen and oxygen atoms in total. The molecule has 0 aliphatic heterocycles. The Kier molecular flexibility index (Phi) is 6.69. The molecule has 122 valence electrons. The summed E-state index contributed by atoms with van der Waals surface area (Å²) >= 11 is 5.87. The quantitative estimate of drug-likeness (QED) is 0.805. The van der Waals surface area contributed by atoms with E-state index in [4.69, 9.17) is 21.1 Å². The minimum Gasteiger partial charge on any atom is -0.493 e. The summed E-state index contributed by atoms with van der Waals surface area (Å²) in [4.78, 5) is 16.0. The second-order valence-electron chi connectivity index (χ2n) is 4.73. The van der Waals surface area contributed by atoms with Gasteiger partial charge in [0, 0.05) is 23.3 Å². The SMILES string of the molecule is CCOc1ncccc1CNC(=O)CCOc1cccc(Cl)c1. The smallest absolute Gasteiger partial charge is 0.223 e. The third-order valence-corrected chi connectivity index (χ3v) is 3.24. The van der Waals surface area contributed by atoms with Gasteiger partial charge in [0.2, 0.25) is 11.8 Å². The highest BCUT2D eigenvalue weighted by Crippen LogP contribution is 2.17. The first-order valence-corrected chi connectivity index (χ1v) is 7.78. The van der Waals surface area contributed by atoms with Crippen LogP contribution in [0.2, 0.25) is 5.02 Å². The lowest BCUT2D eigenvalue weighted by atomic mass is 10.2. The van der Waals surface area contributed by atoms with Crippen molar-refractivity contribution < 1.29 is 14.3 Å². The molecule has 23 heavy (non-hydrogen) atoms. The number of pyridine rings is 1. The number of nitrogens with one attached hydrogen (secondary N) is 1. The summed E-state index contributed by atoms with van der Waals surface area (Å²) in [6.07, 6.45) is 1.92. The number of rotatable bonds is 8. The van der Waals surface area contributed by atoms with Crippen molar-refractivity contribution in [3.8, 4) is 11.6 Å². The summed E-state index contributed by atoms with van der Waals surface area (Å²) in [5.41, 5.74) is 0.846. The van der Waals surface area contributed by atoms with E-state index in [1.165, 1.54) is 0 Å². The molecule has 0 unspecified atom stereocenters. The molecule has 1 N–H and O–H groups in total. The van der Waals surface area contributed by atoms with E-state index in [-0.39, 0.29) is 18.9 Å². The third-order valence-electron chi connectivity index (χ3n) is 3.00. The van der Waals surface area contributed by atoms with Crippen LogP contribution in [0, 0.1) is 0 Å². The Morgan fingerprint density at radius 2 is 2.13 bits per heavy atom. The summed E-state index contributed by atoms with van der Waals surface area (Å²) in [5, 5.41) is 3.43. The van der Waals surface area contributed by atoms with E-state index >= 15 is 0 Å². The zero-order chi connectivity index (χ0) is 16.5. The number of hydrogen-bond acceptors (Lipinski definition) is 4. The second-order valence-corrected chi connectivity index (χ2v) is 5.17. The van der Waals surface area contributed by atoms with Gasteiger partial charge >= 0.3 is 0 Å². The molecule has 1 amide bonds. The van der Waals surface area contributed by atoms with Gasteiger partial charge in [0.15, 0.2) is 0 Å². The van der Waals surface area contributed by atoms with E-state index in [2.05, 4.69) is 10.3 Å². The Morgan fingerprint density at radius 1 is 1.26 bits per heavy atom. The highest BCUT2D eigenvalue weighted by molar-refractivity contribution is 6.30. The van der Waals surface area contributed by atoms with Crippen LogP contribution in [0.15, 0.2) is 42.6 Å². The molecule has 0 spiro atoms. The van der Waals surface area contributed by atoms with E-state index < -0.39 is 0 Å². The Balaban J connectivity index is 1.75. The fraction of sp³-hybridized carbons (Fsp3) is 0.294. The number of aromatic nitrogens is 1. The van der Waals surface area contributed by atoms with Crippen LogP contribution in [0.4, 0.5) is 0 Å². The molecule has 0 saturated carbocycles. The molecule has 1 heterocycles. The topological polar surface area (TPSA) is 60.5 Å². The number of halogens is 1. The first-order chi connectivity index (χ1) is 11.2. The average molecular weight is 335 g/mol.